The van der Waals surface area contributed by atoms with Crippen LogP contribution in [0.2, 0.25) is 0 Å². The second kappa shape index (κ2) is 7.19. The number of nitrogens with zero attached hydrogens (tertiary/aromatic N) is 6. The lowest BCUT2D eigenvalue weighted by Crippen LogP contribution is -2.44. The molecular formula is C16H24N6O2S. The summed E-state index contributed by atoms with van der Waals surface area (Å²) in [6.45, 7) is 1.11. The highest BCUT2D eigenvalue weighted by molar-refractivity contribution is 7.86. The van der Waals surface area contributed by atoms with Crippen molar-refractivity contribution in [2.75, 3.05) is 27.2 Å². The number of aromatic nitrogens is 4. The number of rotatable bonds is 5. The van der Waals surface area contributed by atoms with Gasteiger partial charge in [-0.3, -0.25) is 9.67 Å². The van der Waals surface area contributed by atoms with Crippen LogP contribution in [0.25, 0.3) is 11.4 Å². The van der Waals surface area contributed by atoms with Gasteiger partial charge >= 0.3 is 0 Å². The van der Waals surface area contributed by atoms with Crippen LogP contribution in [-0.4, -0.2) is 64.0 Å². The van der Waals surface area contributed by atoms with Crippen molar-refractivity contribution in [1.29, 1.82) is 0 Å². The predicted molar refractivity (Wildman–Crippen MR) is 94.8 cm³/mol. The Bertz CT molecular complexity index is 825. The Kier molecular flexibility index (Phi) is 5.16. The van der Waals surface area contributed by atoms with E-state index < -0.39 is 10.2 Å². The van der Waals surface area contributed by atoms with E-state index in [1.54, 1.807) is 41.7 Å². The summed E-state index contributed by atoms with van der Waals surface area (Å²) in [6.07, 6.45) is 7.77. The van der Waals surface area contributed by atoms with E-state index in [2.05, 4.69) is 10.1 Å². The first-order valence-corrected chi connectivity index (χ1v) is 9.74. The van der Waals surface area contributed by atoms with E-state index in [1.165, 1.54) is 4.31 Å². The van der Waals surface area contributed by atoms with Crippen molar-refractivity contribution in [3.8, 4) is 11.4 Å². The average Bonchev–Trinajstić information content (AvgIpc) is 3.01. The van der Waals surface area contributed by atoms with E-state index in [4.69, 9.17) is 4.98 Å². The van der Waals surface area contributed by atoms with Crippen molar-refractivity contribution < 1.29 is 8.42 Å². The van der Waals surface area contributed by atoms with Gasteiger partial charge in [-0.2, -0.15) is 22.1 Å². The van der Waals surface area contributed by atoms with Crippen LogP contribution in [0, 0.1) is 5.92 Å². The minimum absolute atomic E-state index is 0.421. The van der Waals surface area contributed by atoms with Gasteiger partial charge in [0.1, 0.15) is 5.69 Å². The Balaban J connectivity index is 1.64. The molecule has 0 aliphatic carbocycles. The lowest BCUT2D eigenvalue weighted by atomic mass is 9.93. The van der Waals surface area contributed by atoms with Gasteiger partial charge in [-0.25, -0.2) is 4.98 Å². The summed E-state index contributed by atoms with van der Waals surface area (Å²) >= 11 is 0. The van der Waals surface area contributed by atoms with Crippen LogP contribution < -0.4 is 0 Å². The molecule has 0 radical (unpaired) electrons. The smallest absolute Gasteiger partial charge is 0.266 e. The first-order valence-electron chi connectivity index (χ1n) is 8.35. The van der Waals surface area contributed by atoms with Crippen LogP contribution in [-0.2, 0) is 23.7 Å². The van der Waals surface area contributed by atoms with Gasteiger partial charge < -0.3 is 0 Å². The highest BCUT2D eigenvalue weighted by Crippen LogP contribution is 2.24. The summed E-state index contributed by atoms with van der Waals surface area (Å²) in [4.78, 5) is 9.01. The number of hydrogen-bond acceptors (Lipinski definition) is 5. The van der Waals surface area contributed by atoms with Gasteiger partial charge in [0.15, 0.2) is 0 Å². The topological polar surface area (TPSA) is 84.2 Å². The fourth-order valence-corrected chi connectivity index (χ4v) is 4.26. The summed E-state index contributed by atoms with van der Waals surface area (Å²) in [5, 5.41) is 4.17. The van der Waals surface area contributed by atoms with Gasteiger partial charge in [-0.1, -0.05) is 0 Å². The molecule has 0 saturated carbocycles. The van der Waals surface area contributed by atoms with Crippen LogP contribution in [0.5, 0.6) is 0 Å². The van der Waals surface area contributed by atoms with Crippen LogP contribution in [0.1, 0.15) is 18.5 Å². The zero-order valence-electron chi connectivity index (χ0n) is 14.8. The summed E-state index contributed by atoms with van der Waals surface area (Å²) in [7, 11) is 1.71. The van der Waals surface area contributed by atoms with Crippen LogP contribution in [0.15, 0.2) is 24.7 Å². The fourth-order valence-electron chi connectivity index (χ4n) is 3.12. The Morgan fingerprint density at radius 3 is 2.56 bits per heavy atom. The molecule has 0 unspecified atom stereocenters. The van der Waals surface area contributed by atoms with E-state index in [-0.39, 0.29) is 0 Å². The van der Waals surface area contributed by atoms with Gasteiger partial charge in [0.2, 0.25) is 0 Å². The normalized spacial score (nSPS) is 17.3. The summed E-state index contributed by atoms with van der Waals surface area (Å²) < 4.78 is 29.0. The van der Waals surface area contributed by atoms with Gasteiger partial charge in [0.25, 0.3) is 10.2 Å². The summed E-state index contributed by atoms with van der Waals surface area (Å²) in [6, 6.07) is 1.92. The predicted octanol–water partition coefficient (Wildman–Crippen LogP) is 0.938. The van der Waals surface area contributed by atoms with Crippen molar-refractivity contribution >= 4 is 10.2 Å². The molecule has 9 heteroatoms. The number of aryl methyl sites for hydroxylation is 1. The van der Waals surface area contributed by atoms with Crippen LogP contribution >= 0.6 is 0 Å². The van der Waals surface area contributed by atoms with Crippen molar-refractivity contribution in [3.63, 3.8) is 0 Å². The second-order valence-electron chi connectivity index (χ2n) is 6.57. The molecule has 136 valence electrons. The standard InChI is InChI=1S/C16H24N6O2S/c1-20(2)25(23,24)22-8-5-13(6-9-22)10-14-11-17-12-15(19-14)16-4-7-18-21(16)3/h4,7,11-13H,5-6,8-10H2,1-3H3. The molecule has 25 heavy (non-hydrogen) atoms. The summed E-state index contributed by atoms with van der Waals surface area (Å²) in [5.41, 5.74) is 2.68. The molecule has 0 spiro atoms. The van der Waals surface area contributed by atoms with E-state index in [0.29, 0.717) is 19.0 Å². The molecule has 3 rings (SSSR count). The molecule has 1 aliphatic rings. The lowest BCUT2D eigenvalue weighted by molar-refractivity contribution is 0.261. The number of piperidine rings is 1. The quantitative estimate of drug-likeness (QED) is 0.788. The molecule has 3 heterocycles. The van der Waals surface area contributed by atoms with E-state index in [0.717, 1.165) is 36.3 Å². The molecular weight excluding hydrogens is 340 g/mol. The maximum atomic E-state index is 12.2. The Morgan fingerprint density at radius 2 is 1.96 bits per heavy atom. The number of hydrogen-bond donors (Lipinski definition) is 0. The van der Waals surface area contributed by atoms with Gasteiger partial charge in [-0.15, -0.1) is 0 Å². The van der Waals surface area contributed by atoms with Crippen molar-refractivity contribution in [1.82, 2.24) is 28.4 Å². The van der Waals surface area contributed by atoms with Crippen LogP contribution in [0.3, 0.4) is 0 Å². The molecule has 1 saturated heterocycles. The van der Waals surface area contributed by atoms with Crippen molar-refractivity contribution in [2.45, 2.75) is 19.3 Å². The molecule has 1 fully saturated rings. The minimum atomic E-state index is -3.31. The fraction of sp³-hybridized carbons (Fsp3) is 0.562. The molecule has 0 atom stereocenters. The lowest BCUT2D eigenvalue weighted by Gasteiger charge is -2.32. The molecule has 2 aromatic rings. The van der Waals surface area contributed by atoms with Gasteiger partial charge in [0, 0.05) is 46.6 Å². The van der Waals surface area contributed by atoms with Gasteiger partial charge in [0.05, 0.1) is 17.6 Å². The second-order valence-corrected chi connectivity index (χ2v) is 8.71. The SMILES string of the molecule is CN(C)S(=O)(=O)N1CCC(Cc2cncc(-c3ccnn3C)n2)CC1. The monoisotopic (exact) mass is 364 g/mol. The first-order chi connectivity index (χ1) is 11.9. The van der Waals surface area contributed by atoms with E-state index >= 15 is 0 Å². The molecule has 0 aromatic carbocycles. The summed E-state index contributed by atoms with van der Waals surface area (Å²) in [5.74, 6) is 0.421. The van der Waals surface area contributed by atoms with E-state index in [9.17, 15) is 8.42 Å². The van der Waals surface area contributed by atoms with Crippen LogP contribution in [0.4, 0.5) is 0 Å². The highest BCUT2D eigenvalue weighted by atomic mass is 32.2. The maximum absolute atomic E-state index is 12.2. The maximum Gasteiger partial charge on any atom is 0.281 e. The Labute approximate surface area is 148 Å². The highest BCUT2D eigenvalue weighted by Gasteiger charge is 2.29. The molecule has 0 N–H and O–H groups in total. The molecule has 0 bridgehead atoms. The zero-order valence-corrected chi connectivity index (χ0v) is 15.6. The van der Waals surface area contributed by atoms with Crippen molar-refractivity contribution in [2.24, 2.45) is 13.0 Å². The van der Waals surface area contributed by atoms with Crippen molar-refractivity contribution in [3.05, 3.63) is 30.4 Å². The Hall–Kier alpha value is -1.84. The molecule has 8 nitrogen and oxygen atoms in total. The first kappa shape index (κ1) is 18.0. The molecule has 1 aliphatic heterocycles. The third-order valence-electron chi connectivity index (χ3n) is 4.63. The third kappa shape index (κ3) is 3.88. The average molecular weight is 364 g/mol. The minimum Gasteiger partial charge on any atom is -0.266 e. The zero-order chi connectivity index (χ0) is 18.0. The largest absolute Gasteiger partial charge is 0.281 e. The molecule has 0 amide bonds. The Morgan fingerprint density at radius 1 is 1.24 bits per heavy atom. The molecule has 2 aromatic heterocycles. The third-order valence-corrected chi connectivity index (χ3v) is 6.57. The van der Waals surface area contributed by atoms with Gasteiger partial charge in [-0.05, 0) is 31.2 Å². The van der Waals surface area contributed by atoms with E-state index in [1.807, 2.05) is 13.1 Å².